The molecule has 1 N–H and O–H groups in total. The molecule has 0 atom stereocenters. The van der Waals surface area contributed by atoms with Gasteiger partial charge in [0.15, 0.2) is 0 Å². The second-order valence-corrected chi connectivity index (χ2v) is 1.99. The van der Waals surface area contributed by atoms with Crippen molar-refractivity contribution < 1.29 is 9.84 Å². The van der Waals surface area contributed by atoms with E-state index in [9.17, 15) is 0 Å². The molecule has 0 saturated carbocycles. The van der Waals surface area contributed by atoms with Gasteiger partial charge in [-0.25, -0.2) is 0 Å². The standard InChI is InChI=1S/C7H9NO2/c1-5-6(9)3-8-4-7(5)10-2/h3-4,9H,1-2H3. The lowest BCUT2D eigenvalue weighted by Crippen LogP contribution is -1.87. The Kier molecular flexibility index (Phi) is 1.76. The van der Waals surface area contributed by atoms with E-state index in [4.69, 9.17) is 9.84 Å². The van der Waals surface area contributed by atoms with Crippen molar-refractivity contribution in [3.05, 3.63) is 18.0 Å². The van der Waals surface area contributed by atoms with Crippen molar-refractivity contribution in [2.45, 2.75) is 6.92 Å². The zero-order valence-electron chi connectivity index (χ0n) is 5.96. The van der Waals surface area contributed by atoms with Crippen LogP contribution in [0.5, 0.6) is 11.5 Å². The second-order valence-electron chi connectivity index (χ2n) is 1.99. The van der Waals surface area contributed by atoms with Gasteiger partial charge in [0.1, 0.15) is 11.5 Å². The number of hydrogen-bond acceptors (Lipinski definition) is 3. The number of methoxy groups -OCH3 is 1. The summed E-state index contributed by atoms with van der Waals surface area (Å²) < 4.78 is 4.90. The summed E-state index contributed by atoms with van der Waals surface area (Å²) in [5, 5.41) is 9.09. The quantitative estimate of drug-likeness (QED) is 0.633. The van der Waals surface area contributed by atoms with Gasteiger partial charge in [-0.2, -0.15) is 0 Å². The lowest BCUT2D eigenvalue weighted by atomic mass is 10.2. The summed E-state index contributed by atoms with van der Waals surface area (Å²) in [7, 11) is 1.55. The molecule has 1 rings (SSSR count). The minimum Gasteiger partial charge on any atom is -0.506 e. The van der Waals surface area contributed by atoms with Crippen LogP contribution in [0.1, 0.15) is 5.56 Å². The second kappa shape index (κ2) is 2.56. The minimum absolute atomic E-state index is 0.166. The average molecular weight is 139 g/mol. The van der Waals surface area contributed by atoms with Crippen LogP contribution in [0.15, 0.2) is 12.4 Å². The molecule has 0 saturated heterocycles. The summed E-state index contributed by atoms with van der Waals surface area (Å²) in [6, 6.07) is 0. The normalized spacial score (nSPS) is 9.40. The fraction of sp³-hybridized carbons (Fsp3) is 0.286. The van der Waals surface area contributed by atoms with E-state index in [0.29, 0.717) is 5.75 Å². The van der Waals surface area contributed by atoms with Crippen LogP contribution in [0.25, 0.3) is 0 Å². The fourth-order valence-electron chi connectivity index (χ4n) is 0.701. The molecule has 1 aromatic heterocycles. The first-order valence-corrected chi connectivity index (χ1v) is 2.93. The number of aromatic hydroxyl groups is 1. The van der Waals surface area contributed by atoms with Gasteiger partial charge in [0, 0.05) is 5.56 Å². The van der Waals surface area contributed by atoms with E-state index in [1.807, 2.05) is 0 Å². The van der Waals surface area contributed by atoms with Crippen LogP contribution < -0.4 is 4.74 Å². The van der Waals surface area contributed by atoms with Crippen molar-refractivity contribution >= 4 is 0 Å². The van der Waals surface area contributed by atoms with Crippen LogP contribution in [0.4, 0.5) is 0 Å². The third kappa shape index (κ3) is 1.03. The van der Waals surface area contributed by atoms with Crippen LogP contribution in [-0.4, -0.2) is 17.2 Å². The van der Waals surface area contributed by atoms with E-state index < -0.39 is 0 Å². The highest BCUT2D eigenvalue weighted by Gasteiger charge is 2.01. The molecule has 3 nitrogen and oxygen atoms in total. The largest absolute Gasteiger partial charge is 0.506 e. The number of nitrogens with zero attached hydrogens (tertiary/aromatic N) is 1. The molecule has 0 aliphatic rings. The molecule has 1 aromatic rings. The maximum atomic E-state index is 9.09. The summed E-state index contributed by atoms with van der Waals surface area (Å²) >= 11 is 0. The van der Waals surface area contributed by atoms with E-state index in [-0.39, 0.29) is 5.75 Å². The first kappa shape index (κ1) is 6.86. The third-order valence-corrected chi connectivity index (χ3v) is 1.36. The summed E-state index contributed by atoms with van der Waals surface area (Å²) in [6.45, 7) is 1.77. The zero-order valence-corrected chi connectivity index (χ0v) is 5.96. The van der Waals surface area contributed by atoms with E-state index in [1.54, 1.807) is 20.2 Å². The molecule has 0 aliphatic heterocycles. The van der Waals surface area contributed by atoms with E-state index in [2.05, 4.69) is 4.98 Å². The number of aromatic nitrogens is 1. The summed E-state index contributed by atoms with van der Waals surface area (Å²) in [4.78, 5) is 3.74. The third-order valence-electron chi connectivity index (χ3n) is 1.36. The molecule has 0 bridgehead atoms. The van der Waals surface area contributed by atoms with Gasteiger partial charge in [-0.05, 0) is 6.92 Å². The van der Waals surface area contributed by atoms with Crippen molar-refractivity contribution in [3.8, 4) is 11.5 Å². The van der Waals surface area contributed by atoms with Gasteiger partial charge in [0.05, 0.1) is 19.5 Å². The van der Waals surface area contributed by atoms with Gasteiger partial charge in [-0.1, -0.05) is 0 Å². The summed E-state index contributed by atoms with van der Waals surface area (Å²) in [5.41, 5.74) is 0.720. The molecular formula is C7H9NO2. The molecule has 54 valence electrons. The van der Waals surface area contributed by atoms with Crippen LogP contribution in [0.2, 0.25) is 0 Å². The topological polar surface area (TPSA) is 42.4 Å². The van der Waals surface area contributed by atoms with Gasteiger partial charge in [-0.3, -0.25) is 4.98 Å². The molecule has 0 aromatic carbocycles. The Morgan fingerprint density at radius 2 is 2.20 bits per heavy atom. The Morgan fingerprint density at radius 1 is 1.50 bits per heavy atom. The number of rotatable bonds is 1. The lowest BCUT2D eigenvalue weighted by molar-refractivity contribution is 0.399. The van der Waals surface area contributed by atoms with Crippen LogP contribution in [0, 0.1) is 6.92 Å². The number of pyridine rings is 1. The highest BCUT2D eigenvalue weighted by atomic mass is 16.5. The molecule has 0 unspecified atom stereocenters. The molecule has 0 aliphatic carbocycles. The van der Waals surface area contributed by atoms with E-state index in [0.717, 1.165) is 5.56 Å². The molecule has 0 radical (unpaired) electrons. The Labute approximate surface area is 59.3 Å². The van der Waals surface area contributed by atoms with Crippen molar-refractivity contribution in [3.63, 3.8) is 0 Å². The summed E-state index contributed by atoms with van der Waals surface area (Å²) in [5.74, 6) is 0.777. The number of ether oxygens (including phenoxy) is 1. The summed E-state index contributed by atoms with van der Waals surface area (Å²) in [6.07, 6.45) is 2.95. The highest BCUT2D eigenvalue weighted by molar-refractivity contribution is 5.38. The van der Waals surface area contributed by atoms with Gasteiger partial charge >= 0.3 is 0 Å². The first-order chi connectivity index (χ1) is 4.75. The Bertz CT molecular complexity index is 235. The molecule has 0 amide bonds. The van der Waals surface area contributed by atoms with Crippen LogP contribution in [0.3, 0.4) is 0 Å². The van der Waals surface area contributed by atoms with Crippen molar-refractivity contribution in [2.24, 2.45) is 0 Å². The van der Waals surface area contributed by atoms with Crippen LogP contribution >= 0.6 is 0 Å². The Hall–Kier alpha value is -1.25. The van der Waals surface area contributed by atoms with Crippen LogP contribution in [-0.2, 0) is 0 Å². The van der Waals surface area contributed by atoms with Gasteiger partial charge in [-0.15, -0.1) is 0 Å². The smallest absolute Gasteiger partial charge is 0.143 e. The minimum atomic E-state index is 0.166. The van der Waals surface area contributed by atoms with Gasteiger partial charge in [0.25, 0.3) is 0 Å². The fourth-order valence-corrected chi connectivity index (χ4v) is 0.701. The monoisotopic (exact) mass is 139 g/mol. The van der Waals surface area contributed by atoms with Crippen molar-refractivity contribution in [1.82, 2.24) is 4.98 Å². The molecular weight excluding hydrogens is 130 g/mol. The Morgan fingerprint density at radius 3 is 2.70 bits per heavy atom. The molecule has 10 heavy (non-hydrogen) atoms. The maximum absolute atomic E-state index is 9.09. The molecule has 3 heteroatoms. The van der Waals surface area contributed by atoms with Gasteiger partial charge in [0.2, 0.25) is 0 Å². The van der Waals surface area contributed by atoms with Crippen molar-refractivity contribution in [2.75, 3.05) is 7.11 Å². The highest BCUT2D eigenvalue weighted by Crippen LogP contribution is 2.23. The average Bonchev–Trinajstić information content (AvgIpc) is 1.95. The molecule has 0 fully saturated rings. The first-order valence-electron chi connectivity index (χ1n) is 2.93. The van der Waals surface area contributed by atoms with Crippen molar-refractivity contribution in [1.29, 1.82) is 0 Å². The van der Waals surface area contributed by atoms with Gasteiger partial charge < -0.3 is 9.84 Å². The zero-order chi connectivity index (χ0) is 7.56. The molecule has 1 heterocycles. The van der Waals surface area contributed by atoms with E-state index in [1.165, 1.54) is 6.20 Å². The van der Waals surface area contributed by atoms with E-state index >= 15 is 0 Å². The SMILES string of the molecule is COc1cncc(O)c1C. The maximum Gasteiger partial charge on any atom is 0.143 e. The molecule has 0 spiro atoms. The lowest BCUT2D eigenvalue weighted by Gasteiger charge is -2.03. The predicted octanol–water partition coefficient (Wildman–Crippen LogP) is 1.10. The number of hydrogen-bond donors (Lipinski definition) is 1. The predicted molar refractivity (Wildman–Crippen MR) is 37.2 cm³/mol. The Balaban J connectivity index is 3.14.